The highest BCUT2D eigenvalue weighted by Gasteiger charge is 2.43. The molecule has 166 valence electrons. The molecule has 1 aliphatic rings. The minimum absolute atomic E-state index is 0.115. The standard InChI is InChI=1S/C23H22N2O5S2/c26-22(27)11-15-5-8-18(9-6-15)24-23(28)21-13-19(31)14-25(21)32(29,30)20-10-7-16-3-1-2-4-17(16)12-20/h1-10,12,19,21,31H,11,13-14H2,(H,24,28)(H,26,27)/t19-,21-/m0/s1. The number of aliphatic carboxylic acids is 1. The summed E-state index contributed by atoms with van der Waals surface area (Å²) >= 11 is 4.44. The first-order chi connectivity index (χ1) is 15.2. The summed E-state index contributed by atoms with van der Waals surface area (Å²) in [5, 5.41) is 13.1. The minimum atomic E-state index is -3.91. The Hall–Kier alpha value is -2.88. The van der Waals surface area contributed by atoms with E-state index in [-0.39, 0.29) is 23.1 Å². The Morgan fingerprint density at radius 1 is 1.03 bits per heavy atom. The van der Waals surface area contributed by atoms with Crippen molar-refractivity contribution in [3.63, 3.8) is 0 Å². The maximum absolute atomic E-state index is 13.4. The predicted molar refractivity (Wildman–Crippen MR) is 125 cm³/mol. The van der Waals surface area contributed by atoms with Gasteiger partial charge in [-0.2, -0.15) is 16.9 Å². The van der Waals surface area contributed by atoms with Crippen LogP contribution >= 0.6 is 12.6 Å². The molecule has 1 saturated heterocycles. The quantitative estimate of drug-likeness (QED) is 0.480. The molecule has 2 N–H and O–H groups in total. The van der Waals surface area contributed by atoms with Crippen LogP contribution in [0.15, 0.2) is 71.6 Å². The van der Waals surface area contributed by atoms with E-state index in [1.165, 1.54) is 4.31 Å². The van der Waals surface area contributed by atoms with Crippen molar-refractivity contribution in [2.75, 3.05) is 11.9 Å². The summed E-state index contributed by atoms with van der Waals surface area (Å²) < 4.78 is 28.0. The lowest BCUT2D eigenvalue weighted by Gasteiger charge is -2.23. The molecule has 0 radical (unpaired) electrons. The van der Waals surface area contributed by atoms with E-state index in [1.54, 1.807) is 42.5 Å². The Morgan fingerprint density at radius 3 is 2.41 bits per heavy atom. The SMILES string of the molecule is O=C(O)Cc1ccc(NC(=O)[C@@H]2C[C@H](S)CN2S(=O)(=O)c2ccc3ccccc3c2)cc1. The van der Waals surface area contributed by atoms with Gasteiger partial charge in [0, 0.05) is 17.5 Å². The molecule has 1 amide bonds. The fourth-order valence-electron chi connectivity index (χ4n) is 3.86. The van der Waals surface area contributed by atoms with E-state index < -0.39 is 27.9 Å². The van der Waals surface area contributed by atoms with Crippen LogP contribution in [0.1, 0.15) is 12.0 Å². The highest BCUT2D eigenvalue weighted by Crippen LogP contribution is 2.31. The summed E-state index contributed by atoms with van der Waals surface area (Å²) in [6.45, 7) is 0.133. The van der Waals surface area contributed by atoms with E-state index in [4.69, 9.17) is 5.11 Å². The highest BCUT2D eigenvalue weighted by atomic mass is 32.2. The lowest BCUT2D eigenvalue weighted by atomic mass is 10.1. The molecule has 0 aromatic heterocycles. The molecule has 32 heavy (non-hydrogen) atoms. The van der Waals surface area contributed by atoms with E-state index in [0.717, 1.165) is 10.8 Å². The summed E-state index contributed by atoms with van der Waals surface area (Å²) in [7, 11) is -3.91. The van der Waals surface area contributed by atoms with Gasteiger partial charge in [0.2, 0.25) is 15.9 Å². The van der Waals surface area contributed by atoms with Gasteiger partial charge >= 0.3 is 5.97 Å². The van der Waals surface area contributed by atoms with E-state index in [0.29, 0.717) is 17.7 Å². The second kappa shape index (κ2) is 8.93. The molecule has 0 saturated carbocycles. The molecule has 7 nitrogen and oxygen atoms in total. The second-order valence-corrected chi connectivity index (χ2v) is 10.4. The molecule has 0 spiro atoms. The van der Waals surface area contributed by atoms with Crippen molar-refractivity contribution in [1.29, 1.82) is 0 Å². The zero-order valence-electron chi connectivity index (χ0n) is 17.0. The number of carboxylic acid groups (broad SMARTS) is 1. The largest absolute Gasteiger partial charge is 0.481 e. The van der Waals surface area contributed by atoms with Crippen molar-refractivity contribution >= 4 is 51.0 Å². The monoisotopic (exact) mass is 470 g/mol. The molecule has 1 heterocycles. The number of benzene rings is 3. The van der Waals surface area contributed by atoms with Gasteiger partial charge in [-0.1, -0.05) is 42.5 Å². The van der Waals surface area contributed by atoms with E-state index in [1.807, 2.05) is 24.3 Å². The van der Waals surface area contributed by atoms with Crippen LogP contribution in [0.2, 0.25) is 0 Å². The summed E-state index contributed by atoms with van der Waals surface area (Å²) in [6.07, 6.45) is 0.175. The molecule has 0 bridgehead atoms. The number of rotatable bonds is 6. The van der Waals surface area contributed by atoms with Gasteiger partial charge in [-0.25, -0.2) is 8.42 Å². The smallest absolute Gasteiger partial charge is 0.307 e. The predicted octanol–water partition coefficient (Wildman–Crippen LogP) is 3.17. The number of sulfonamides is 1. The number of hydrogen-bond donors (Lipinski definition) is 3. The lowest BCUT2D eigenvalue weighted by Crippen LogP contribution is -2.43. The molecule has 3 aromatic rings. The first-order valence-corrected chi connectivity index (χ1v) is 12.0. The average Bonchev–Trinajstić information content (AvgIpc) is 3.17. The third kappa shape index (κ3) is 4.64. The van der Waals surface area contributed by atoms with Gasteiger partial charge in [0.05, 0.1) is 11.3 Å². The fourth-order valence-corrected chi connectivity index (χ4v) is 6.02. The van der Waals surface area contributed by atoms with Crippen molar-refractivity contribution in [2.24, 2.45) is 0 Å². The van der Waals surface area contributed by atoms with Crippen molar-refractivity contribution in [3.8, 4) is 0 Å². The Bertz CT molecular complexity index is 1280. The number of hydrogen-bond acceptors (Lipinski definition) is 5. The van der Waals surface area contributed by atoms with E-state index in [9.17, 15) is 18.0 Å². The number of carbonyl (C=O) groups is 2. The molecule has 4 rings (SSSR count). The Kier molecular flexibility index (Phi) is 6.23. The maximum atomic E-state index is 13.4. The van der Waals surface area contributed by atoms with Gasteiger partial charge in [-0.15, -0.1) is 0 Å². The summed E-state index contributed by atoms with van der Waals surface area (Å²) in [4.78, 5) is 23.9. The first kappa shape index (κ1) is 22.3. The molecule has 1 aliphatic heterocycles. The van der Waals surface area contributed by atoms with Crippen molar-refractivity contribution < 1.29 is 23.1 Å². The number of anilines is 1. The van der Waals surface area contributed by atoms with Gasteiger partial charge in [-0.05, 0) is 47.0 Å². The third-order valence-corrected chi connectivity index (χ3v) is 7.69. The van der Waals surface area contributed by atoms with Gasteiger partial charge in [-0.3, -0.25) is 9.59 Å². The fraction of sp³-hybridized carbons (Fsp3) is 0.217. The van der Waals surface area contributed by atoms with Crippen LogP contribution in [0, 0.1) is 0 Å². The molecule has 9 heteroatoms. The zero-order valence-corrected chi connectivity index (χ0v) is 18.7. The number of carboxylic acids is 1. The number of fused-ring (bicyclic) bond motifs is 1. The van der Waals surface area contributed by atoms with Crippen LogP contribution in [0.25, 0.3) is 10.8 Å². The lowest BCUT2D eigenvalue weighted by molar-refractivity contribution is -0.136. The zero-order chi connectivity index (χ0) is 22.9. The molecule has 0 aliphatic carbocycles. The Balaban J connectivity index is 1.56. The molecule has 2 atom stereocenters. The number of carbonyl (C=O) groups excluding carboxylic acids is 1. The molecular formula is C23H22N2O5S2. The van der Waals surface area contributed by atoms with Gasteiger partial charge < -0.3 is 10.4 Å². The molecule has 3 aromatic carbocycles. The second-order valence-electron chi connectivity index (χ2n) is 7.75. The van der Waals surface area contributed by atoms with E-state index >= 15 is 0 Å². The van der Waals surface area contributed by atoms with Crippen molar-refractivity contribution in [1.82, 2.24) is 4.31 Å². The first-order valence-electron chi connectivity index (χ1n) is 10.0. The van der Waals surface area contributed by atoms with Crippen LogP contribution in [0.3, 0.4) is 0 Å². The highest BCUT2D eigenvalue weighted by molar-refractivity contribution is 7.89. The number of nitrogens with zero attached hydrogens (tertiary/aromatic N) is 1. The van der Waals surface area contributed by atoms with Gasteiger partial charge in [0.25, 0.3) is 0 Å². The van der Waals surface area contributed by atoms with Crippen LogP contribution in [-0.4, -0.2) is 47.5 Å². The Morgan fingerprint density at radius 2 is 1.72 bits per heavy atom. The molecule has 0 unspecified atom stereocenters. The third-order valence-electron chi connectivity index (χ3n) is 5.44. The van der Waals surface area contributed by atoms with Crippen LogP contribution in [0.4, 0.5) is 5.69 Å². The summed E-state index contributed by atoms with van der Waals surface area (Å²) in [5.74, 6) is -1.39. The molecule has 1 fully saturated rings. The summed E-state index contributed by atoms with van der Waals surface area (Å²) in [5.41, 5.74) is 1.07. The molecular weight excluding hydrogens is 448 g/mol. The van der Waals surface area contributed by atoms with Gasteiger partial charge in [0.15, 0.2) is 0 Å². The van der Waals surface area contributed by atoms with Crippen LogP contribution in [0.5, 0.6) is 0 Å². The minimum Gasteiger partial charge on any atom is -0.481 e. The van der Waals surface area contributed by atoms with Crippen molar-refractivity contribution in [3.05, 3.63) is 72.3 Å². The average molecular weight is 471 g/mol. The topological polar surface area (TPSA) is 104 Å². The number of amides is 1. The number of nitrogens with one attached hydrogen (secondary N) is 1. The Labute approximate surface area is 191 Å². The summed E-state index contributed by atoms with van der Waals surface area (Å²) in [6, 6.07) is 17.9. The normalized spacial score (nSPS) is 19.2. The number of thiol groups is 1. The van der Waals surface area contributed by atoms with Crippen LogP contribution < -0.4 is 5.32 Å². The van der Waals surface area contributed by atoms with Gasteiger partial charge in [0.1, 0.15) is 6.04 Å². The van der Waals surface area contributed by atoms with Crippen LogP contribution in [-0.2, 0) is 26.0 Å². The van der Waals surface area contributed by atoms with Crippen molar-refractivity contribution in [2.45, 2.75) is 29.0 Å². The van der Waals surface area contributed by atoms with E-state index in [2.05, 4.69) is 17.9 Å². The maximum Gasteiger partial charge on any atom is 0.307 e.